The number of hydrogen-bond donors (Lipinski definition) is 3. The van der Waals surface area contributed by atoms with Gasteiger partial charge in [0.05, 0.1) is 6.04 Å². The summed E-state index contributed by atoms with van der Waals surface area (Å²) in [5, 5.41) is 18.9. The van der Waals surface area contributed by atoms with Crippen LogP contribution in [0, 0.1) is 5.92 Å². The van der Waals surface area contributed by atoms with Gasteiger partial charge in [0.2, 0.25) is 11.8 Å². The number of amides is 2. The van der Waals surface area contributed by atoms with Crippen molar-refractivity contribution in [2.75, 3.05) is 6.54 Å². The van der Waals surface area contributed by atoms with Crippen LogP contribution >= 0.6 is 0 Å². The molecule has 0 aromatic carbocycles. The Kier molecular flexibility index (Phi) is 5.03. The zero-order valence-corrected chi connectivity index (χ0v) is 11.6. The van der Waals surface area contributed by atoms with Crippen LogP contribution in [0.5, 0.6) is 0 Å². The molecule has 20 heavy (non-hydrogen) atoms. The van der Waals surface area contributed by atoms with E-state index in [0.717, 1.165) is 25.7 Å². The summed E-state index contributed by atoms with van der Waals surface area (Å²) in [6.45, 7) is 2.14. The molecule has 0 aliphatic heterocycles. The fourth-order valence-electron chi connectivity index (χ4n) is 2.36. The molecule has 1 aromatic rings. The van der Waals surface area contributed by atoms with Crippen LogP contribution in [0.2, 0.25) is 0 Å². The predicted octanol–water partition coefficient (Wildman–Crippen LogP) is 0.0734. The standard InChI is InChI=1S/C12H20N6O2/c1-8(11-15-17-18-16-11)14-10(19)6-7-13-12(20)9-4-2-3-5-9/h8-9H,2-7H2,1H3,(H,13,20)(H,14,19)(H,15,16,17,18). The number of nitrogens with one attached hydrogen (secondary N) is 3. The monoisotopic (exact) mass is 280 g/mol. The van der Waals surface area contributed by atoms with Gasteiger partial charge in [0.15, 0.2) is 5.82 Å². The number of nitrogens with zero attached hydrogens (tertiary/aromatic N) is 3. The molecule has 1 heterocycles. The lowest BCUT2D eigenvalue weighted by molar-refractivity contribution is -0.125. The van der Waals surface area contributed by atoms with Crippen molar-refractivity contribution in [3.05, 3.63) is 5.82 Å². The van der Waals surface area contributed by atoms with Gasteiger partial charge in [-0.1, -0.05) is 18.1 Å². The van der Waals surface area contributed by atoms with Crippen molar-refractivity contribution >= 4 is 11.8 Å². The number of carbonyl (C=O) groups is 2. The first kappa shape index (κ1) is 14.4. The van der Waals surface area contributed by atoms with Gasteiger partial charge in [-0.05, 0) is 19.8 Å². The molecule has 1 aliphatic rings. The Labute approximate surface area is 117 Å². The van der Waals surface area contributed by atoms with Crippen molar-refractivity contribution in [2.24, 2.45) is 5.92 Å². The van der Waals surface area contributed by atoms with E-state index in [9.17, 15) is 9.59 Å². The molecule has 0 saturated heterocycles. The maximum Gasteiger partial charge on any atom is 0.223 e. The van der Waals surface area contributed by atoms with Crippen molar-refractivity contribution < 1.29 is 9.59 Å². The minimum absolute atomic E-state index is 0.0708. The Bertz CT molecular complexity index is 441. The van der Waals surface area contributed by atoms with Gasteiger partial charge >= 0.3 is 0 Å². The second-order valence-corrected chi connectivity index (χ2v) is 5.08. The normalized spacial score (nSPS) is 16.9. The van der Waals surface area contributed by atoms with Crippen LogP contribution in [-0.2, 0) is 9.59 Å². The maximum absolute atomic E-state index is 11.8. The van der Waals surface area contributed by atoms with E-state index in [1.165, 1.54) is 0 Å². The molecule has 110 valence electrons. The molecule has 1 atom stereocenters. The topological polar surface area (TPSA) is 113 Å². The van der Waals surface area contributed by atoms with Crippen molar-refractivity contribution in [1.82, 2.24) is 31.3 Å². The van der Waals surface area contributed by atoms with Gasteiger partial charge in [-0.3, -0.25) is 9.59 Å². The molecule has 1 aromatic heterocycles. The number of H-pyrrole nitrogens is 1. The molecule has 1 aliphatic carbocycles. The lowest BCUT2D eigenvalue weighted by Gasteiger charge is -2.12. The third-order valence-corrected chi connectivity index (χ3v) is 3.50. The van der Waals surface area contributed by atoms with Crippen molar-refractivity contribution in [2.45, 2.75) is 45.1 Å². The van der Waals surface area contributed by atoms with Crippen LogP contribution in [0.4, 0.5) is 0 Å². The minimum atomic E-state index is -0.299. The lowest BCUT2D eigenvalue weighted by Crippen LogP contribution is -2.34. The number of hydrogen-bond acceptors (Lipinski definition) is 5. The minimum Gasteiger partial charge on any atom is -0.355 e. The van der Waals surface area contributed by atoms with Crippen LogP contribution < -0.4 is 10.6 Å². The molecule has 0 spiro atoms. The Morgan fingerprint density at radius 3 is 2.80 bits per heavy atom. The second kappa shape index (κ2) is 6.97. The fraction of sp³-hybridized carbons (Fsp3) is 0.750. The molecule has 1 fully saturated rings. The quantitative estimate of drug-likeness (QED) is 0.682. The van der Waals surface area contributed by atoms with Crippen LogP contribution in [0.3, 0.4) is 0 Å². The Balaban J connectivity index is 1.63. The average molecular weight is 280 g/mol. The molecule has 8 heteroatoms. The Hall–Kier alpha value is -1.99. The lowest BCUT2D eigenvalue weighted by atomic mass is 10.1. The second-order valence-electron chi connectivity index (χ2n) is 5.08. The third-order valence-electron chi connectivity index (χ3n) is 3.50. The summed E-state index contributed by atoms with van der Waals surface area (Å²) in [5.41, 5.74) is 0. The fourth-order valence-corrected chi connectivity index (χ4v) is 2.36. The van der Waals surface area contributed by atoms with Gasteiger partial charge < -0.3 is 10.6 Å². The summed E-state index contributed by atoms with van der Waals surface area (Å²) >= 11 is 0. The summed E-state index contributed by atoms with van der Waals surface area (Å²) in [6.07, 6.45) is 4.43. The number of aromatic amines is 1. The molecule has 2 rings (SSSR count). The SMILES string of the molecule is CC(NC(=O)CCNC(=O)C1CCCC1)c1nn[nH]n1. The van der Waals surface area contributed by atoms with E-state index in [2.05, 4.69) is 31.3 Å². The number of rotatable bonds is 6. The highest BCUT2D eigenvalue weighted by Crippen LogP contribution is 2.24. The van der Waals surface area contributed by atoms with E-state index < -0.39 is 0 Å². The van der Waals surface area contributed by atoms with Crippen molar-refractivity contribution in [3.8, 4) is 0 Å². The molecule has 1 saturated carbocycles. The van der Waals surface area contributed by atoms with E-state index in [1.807, 2.05) is 0 Å². The van der Waals surface area contributed by atoms with Crippen molar-refractivity contribution in [1.29, 1.82) is 0 Å². The molecule has 0 radical (unpaired) electrons. The van der Waals surface area contributed by atoms with E-state index >= 15 is 0 Å². The van der Waals surface area contributed by atoms with Crippen molar-refractivity contribution in [3.63, 3.8) is 0 Å². The van der Waals surface area contributed by atoms with Crippen LogP contribution in [-0.4, -0.2) is 39.0 Å². The smallest absolute Gasteiger partial charge is 0.223 e. The molecule has 1 unspecified atom stereocenters. The van der Waals surface area contributed by atoms with Gasteiger partial charge in [0.25, 0.3) is 0 Å². The van der Waals surface area contributed by atoms with Crippen LogP contribution in [0.15, 0.2) is 0 Å². The van der Waals surface area contributed by atoms with E-state index in [4.69, 9.17) is 0 Å². The Morgan fingerprint density at radius 1 is 1.40 bits per heavy atom. The highest BCUT2D eigenvalue weighted by molar-refractivity contribution is 5.80. The molecule has 8 nitrogen and oxygen atoms in total. The zero-order valence-electron chi connectivity index (χ0n) is 11.6. The third kappa shape index (κ3) is 4.01. The summed E-state index contributed by atoms with van der Waals surface area (Å²) in [6, 6.07) is -0.299. The first-order chi connectivity index (χ1) is 9.66. The van der Waals surface area contributed by atoms with Gasteiger partial charge in [-0.15, -0.1) is 10.2 Å². The molecular formula is C12H20N6O2. The summed E-state index contributed by atoms with van der Waals surface area (Å²) < 4.78 is 0. The highest BCUT2D eigenvalue weighted by atomic mass is 16.2. The first-order valence-electron chi connectivity index (χ1n) is 6.97. The van der Waals surface area contributed by atoms with E-state index in [1.54, 1.807) is 6.92 Å². The molecule has 2 amide bonds. The predicted molar refractivity (Wildman–Crippen MR) is 70.3 cm³/mol. The average Bonchev–Trinajstić information content (AvgIpc) is 3.12. The van der Waals surface area contributed by atoms with Gasteiger partial charge in [0.1, 0.15) is 0 Å². The maximum atomic E-state index is 11.8. The van der Waals surface area contributed by atoms with E-state index in [-0.39, 0.29) is 30.2 Å². The van der Waals surface area contributed by atoms with E-state index in [0.29, 0.717) is 12.4 Å². The van der Waals surface area contributed by atoms with Gasteiger partial charge in [-0.2, -0.15) is 5.21 Å². The molecular weight excluding hydrogens is 260 g/mol. The number of carbonyl (C=O) groups excluding carboxylic acids is 2. The highest BCUT2D eigenvalue weighted by Gasteiger charge is 2.22. The summed E-state index contributed by atoms with van der Waals surface area (Å²) in [4.78, 5) is 23.5. The zero-order chi connectivity index (χ0) is 14.4. The summed E-state index contributed by atoms with van der Waals surface area (Å²) in [7, 11) is 0. The molecule has 3 N–H and O–H groups in total. The number of tetrazole rings is 1. The van der Waals surface area contributed by atoms with Gasteiger partial charge in [0, 0.05) is 18.9 Å². The summed E-state index contributed by atoms with van der Waals surface area (Å²) in [5.74, 6) is 0.500. The number of aromatic nitrogens is 4. The van der Waals surface area contributed by atoms with Crippen LogP contribution in [0.25, 0.3) is 0 Å². The largest absolute Gasteiger partial charge is 0.355 e. The Morgan fingerprint density at radius 2 is 2.15 bits per heavy atom. The molecule has 0 bridgehead atoms. The van der Waals surface area contributed by atoms with Gasteiger partial charge in [-0.25, -0.2) is 0 Å². The first-order valence-corrected chi connectivity index (χ1v) is 6.97. The van der Waals surface area contributed by atoms with Crippen LogP contribution in [0.1, 0.15) is 50.9 Å².